The maximum absolute atomic E-state index is 11.8. The van der Waals surface area contributed by atoms with Crippen molar-refractivity contribution in [2.24, 2.45) is 5.92 Å². The average Bonchev–Trinajstić information content (AvgIpc) is 2.53. The zero-order valence-corrected chi connectivity index (χ0v) is 12.7. The van der Waals surface area contributed by atoms with Crippen LogP contribution in [0.5, 0.6) is 5.75 Å². The van der Waals surface area contributed by atoms with E-state index >= 15 is 0 Å². The Kier molecular flexibility index (Phi) is 6.05. The number of hydrogen-bond donors (Lipinski definition) is 2. The number of ether oxygens (including phenoxy) is 1. The first-order valence-electron chi connectivity index (χ1n) is 7.84. The fourth-order valence-corrected chi connectivity index (χ4v) is 2.63. The van der Waals surface area contributed by atoms with Crippen LogP contribution in [0.15, 0.2) is 24.3 Å². The Balaban J connectivity index is 1.65. The van der Waals surface area contributed by atoms with Crippen LogP contribution >= 0.6 is 0 Å². The molecule has 0 bridgehead atoms. The molecule has 0 radical (unpaired) electrons. The zero-order valence-electron chi connectivity index (χ0n) is 12.7. The molecule has 1 aromatic carbocycles. The lowest BCUT2D eigenvalue weighted by Gasteiger charge is -2.25. The van der Waals surface area contributed by atoms with Crippen LogP contribution in [0.4, 0.5) is 0 Å². The van der Waals surface area contributed by atoms with Crippen molar-refractivity contribution in [1.82, 2.24) is 5.32 Å². The second-order valence-electron chi connectivity index (χ2n) is 5.76. The molecule has 0 heterocycles. The quantitative estimate of drug-likeness (QED) is 0.845. The first kappa shape index (κ1) is 15.8. The number of rotatable bonds is 6. The molecule has 116 valence electrons. The van der Waals surface area contributed by atoms with Crippen molar-refractivity contribution in [3.8, 4) is 5.75 Å². The fourth-order valence-electron chi connectivity index (χ4n) is 2.63. The highest BCUT2D eigenvalue weighted by molar-refractivity contribution is 5.77. The maximum atomic E-state index is 11.8. The third-order valence-electron chi connectivity index (χ3n) is 4.11. The maximum Gasteiger partial charge on any atom is 0.257 e. The molecule has 4 heteroatoms. The van der Waals surface area contributed by atoms with Crippen molar-refractivity contribution in [2.75, 3.05) is 13.2 Å². The molecule has 1 aliphatic carbocycles. The van der Waals surface area contributed by atoms with Gasteiger partial charge in [0.25, 0.3) is 5.91 Å². The molecule has 1 amide bonds. The van der Waals surface area contributed by atoms with Crippen molar-refractivity contribution in [3.05, 3.63) is 29.8 Å². The average molecular weight is 291 g/mol. The lowest BCUT2D eigenvalue weighted by atomic mass is 9.87. The standard InChI is InChI=1S/C17H25NO3/c1-2-13-5-9-16(10-6-13)21-12-17(20)18-11-14-3-7-15(19)8-4-14/h5-6,9-10,14-15,19H,2-4,7-8,11-12H2,1H3,(H,18,20). The van der Waals surface area contributed by atoms with Crippen molar-refractivity contribution in [2.45, 2.75) is 45.1 Å². The molecule has 2 N–H and O–H groups in total. The summed E-state index contributed by atoms with van der Waals surface area (Å²) in [6.45, 7) is 2.85. The molecule has 1 saturated carbocycles. The summed E-state index contributed by atoms with van der Waals surface area (Å²) in [5.74, 6) is 1.13. The van der Waals surface area contributed by atoms with E-state index in [1.807, 2.05) is 24.3 Å². The number of amides is 1. The minimum Gasteiger partial charge on any atom is -0.484 e. The molecule has 1 aromatic rings. The van der Waals surface area contributed by atoms with Crippen LogP contribution in [0, 0.1) is 5.92 Å². The van der Waals surface area contributed by atoms with E-state index in [-0.39, 0.29) is 18.6 Å². The van der Waals surface area contributed by atoms with Gasteiger partial charge in [0.2, 0.25) is 0 Å². The normalized spacial score (nSPS) is 21.8. The van der Waals surface area contributed by atoms with E-state index in [0.717, 1.165) is 37.9 Å². The largest absolute Gasteiger partial charge is 0.484 e. The molecular weight excluding hydrogens is 266 g/mol. The molecule has 1 aliphatic rings. The van der Waals surface area contributed by atoms with E-state index in [9.17, 15) is 9.90 Å². The van der Waals surface area contributed by atoms with Gasteiger partial charge in [-0.3, -0.25) is 4.79 Å². The third-order valence-corrected chi connectivity index (χ3v) is 4.11. The number of carbonyl (C=O) groups is 1. The van der Waals surface area contributed by atoms with Crippen LogP contribution in [0.3, 0.4) is 0 Å². The van der Waals surface area contributed by atoms with Gasteiger partial charge in [-0.15, -0.1) is 0 Å². The molecule has 21 heavy (non-hydrogen) atoms. The summed E-state index contributed by atoms with van der Waals surface area (Å²) in [7, 11) is 0. The summed E-state index contributed by atoms with van der Waals surface area (Å²) >= 11 is 0. The molecule has 2 rings (SSSR count). The molecule has 0 aromatic heterocycles. The number of aryl methyl sites for hydroxylation is 1. The van der Waals surface area contributed by atoms with Gasteiger partial charge in [-0.05, 0) is 55.7 Å². The van der Waals surface area contributed by atoms with Crippen molar-refractivity contribution < 1.29 is 14.6 Å². The van der Waals surface area contributed by atoms with Crippen LogP contribution in [0.1, 0.15) is 38.2 Å². The minimum atomic E-state index is -0.147. The monoisotopic (exact) mass is 291 g/mol. The van der Waals surface area contributed by atoms with Gasteiger partial charge in [0, 0.05) is 6.54 Å². The Bertz CT molecular complexity index is 436. The second kappa shape index (κ2) is 8.03. The van der Waals surface area contributed by atoms with Crippen molar-refractivity contribution in [3.63, 3.8) is 0 Å². The lowest BCUT2D eigenvalue weighted by Crippen LogP contribution is -2.34. The molecular formula is C17H25NO3. The third kappa shape index (κ3) is 5.38. The number of benzene rings is 1. The molecule has 4 nitrogen and oxygen atoms in total. The van der Waals surface area contributed by atoms with Crippen LogP contribution in [0.2, 0.25) is 0 Å². The number of aliphatic hydroxyl groups is 1. The number of nitrogens with one attached hydrogen (secondary N) is 1. The fraction of sp³-hybridized carbons (Fsp3) is 0.588. The highest BCUT2D eigenvalue weighted by Crippen LogP contribution is 2.23. The Hall–Kier alpha value is -1.55. The van der Waals surface area contributed by atoms with Crippen molar-refractivity contribution >= 4 is 5.91 Å². The molecule has 0 atom stereocenters. The molecule has 0 aliphatic heterocycles. The van der Waals surface area contributed by atoms with E-state index in [1.165, 1.54) is 5.56 Å². The van der Waals surface area contributed by atoms with Crippen LogP contribution in [-0.2, 0) is 11.2 Å². The molecule has 0 saturated heterocycles. The number of hydrogen-bond acceptors (Lipinski definition) is 3. The Morgan fingerprint density at radius 1 is 1.24 bits per heavy atom. The van der Waals surface area contributed by atoms with Gasteiger partial charge in [-0.2, -0.15) is 0 Å². The summed E-state index contributed by atoms with van der Waals surface area (Å²) in [5, 5.41) is 12.4. The van der Waals surface area contributed by atoms with Crippen LogP contribution in [0.25, 0.3) is 0 Å². The van der Waals surface area contributed by atoms with Gasteiger partial charge in [0.1, 0.15) is 5.75 Å². The number of aliphatic hydroxyl groups excluding tert-OH is 1. The Morgan fingerprint density at radius 2 is 1.90 bits per heavy atom. The van der Waals surface area contributed by atoms with Gasteiger partial charge in [-0.1, -0.05) is 19.1 Å². The topological polar surface area (TPSA) is 58.6 Å². The molecule has 0 spiro atoms. The van der Waals surface area contributed by atoms with E-state index in [4.69, 9.17) is 4.74 Å². The first-order valence-corrected chi connectivity index (χ1v) is 7.84. The van der Waals surface area contributed by atoms with E-state index in [0.29, 0.717) is 12.5 Å². The van der Waals surface area contributed by atoms with Gasteiger partial charge < -0.3 is 15.2 Å². The number of carbonyl (C=O) groups excluding carboxylic acids is 1. The summed E-state index contributed by atoms with van der Waals surface area (Å²) < 4.78 is 5.47. The molecule has 0 unspecified atom stereocenters. The van der Waals surface area contributed by atoms with Gasteiger partial charge in [0.05, 0.1) is 6.10 Å². The Morgan fingerprint density at radius 3 is 2.52 bits per heavy atom. The Labute approximate surface area is 126 Å². The highest BCUT2D eigenvalue weighted by Gasteiger charge is 2.19. The lowest BCUT2D eigenvalue weighted by molar-refractivity contribution is -0.123. The van der Waals surface area contributed by atoms with E-state index in [2.05, 4.69) is 12.2 Å². The predicted molar refractivity (Wildman–Crippen MR) is 82.3 cm³/mol. The van der Waals surface area contributed by atoms with E-state index < -0.39 is 0 Å². The highest BCUT2D eigenvalue weighted by atomic mass is 16.5. The minimum absolute atomic E-state index is 0.0564. The first-order chi connectivity index (χ1) is 10.2. The summed E-state index contributed by atoms with van der Waals surface area (Å²) in [6, 6.07) is 7.82. The van der Waals surface area contributed by atoms with E-state index in [1.54, 1.807) is 0 Å². The van der Waals surface area contributed by atoms with Gasteiger partial charge in [0.15, 0.2) is 6.61 Å². The predicted octanol–water partition coefficient (Wildman–Crippen LogP) is 2.30. The van der Waals surface area contributed by atoms with Gasteiger partial charge in [-0.25, -0.2) is 0 Å². The van der Waals surface area contributed by atoms with Crippen molar-refractivity contribution in [1.29, 1.82) is 0 Å². The SMILES string of the molecule is CCc1ccc(OCC(=O)NCC2CCC(O)CC2)cc1. The second-order valence-corrected chi connectivity index (χ2v) is 5.76. The summed E-state index contributed by atoms with van der Waals surface area (Å²) in [5.41, 5.74) is 1.26. The summed E-state index contributed by atoms with van der Waals surface area (Å²) in [4.78, 5) is 11.8. The zero-order chi connectivity index (χ0) is 15.1. The summed E-state index contributed by atoms with van der Waals surface area (Å²) in [6.07, 6.45) is 4.52. The van der Waals surface area contributed by atoms with Crippen LogP contribution in [-0.4, -0.2) is 30.3 Å². The van der Waals surface area contributed by atoms with Crippen LogP contribution < -0.4 is 10.1 Å². The molecule has 1 fully saturated rings. The van der Waals surface area contributed by atoms with Gasteiger partial charge >= 0.3 is 0 Å². The smallest absolute Gasteiger partial charge is 0.257 e.